The number of thiazole rings is 1. The van der Waals surface area contributed by atoms with Gasteiger partial charge in [0.1, 0.15) is 10.7 Å². The van der Waals surface area contributed by atoms with Crippen LogP contribution in [0.4, 0.5) is 9.52 Å². The smallest absolute Gasteiger partial charge is 0.263 e. The number of rotatable bonds is 5. The fourth-order valence-corrected chi connectivity index (χ4v) is 3.88. The molecule has 0 bridgehead atoms. The summed E-state index contributed by atoms with van der Waals surface area (Å²) < 4.78 is 14.2. The molecule has 0 radical (unpaired) electrons. The molecule has 24 heavy (non-hydrogen) atoms. The van der Waals surface area contributed by atoms with Crippen LogP contribution < -0.4 is 11.1 Å². The molecule has 1 fully saturated rings. The van der Waals surface area contributed by atoms with Crippen LogP contribution in [-0.4, -0.2) is 35.4 Å². The molecule has 5 nitrogen and oxygen atoms in total. The summed E-state index contributed by atoms with van der Waals surface area (Å²) in [6.45, 7) is 3.95. The normalized spacial score (nSPS) is 16.2. The molecule has 0 saturated carbocycles. The molecule has 1 aliphatic heterocycles. The van der Waals surface area contributed by atoms with Crippen molar-refractivity contribution in [3.63, 3.8) is 0 Å². The fraction of sp³-hybridized carbons (Fsp3) is 0.412. The summed E-state index contributed by atoms with van der Waals surface area (Å²) in [6.07, 6.45) is 2.20. The van der Waals surface area contributed by atoms with Crippen molar-refractivity contribution in [1.29, 1.82) is 0 Å². The van der Waals surface area contributed by atoms with Crippen LogP contribution in [0.2, 0.25) is 0 Å². The van der Waals surface area contributed by atoms with Crippen molar-refractivity contribution in [1.82, 2.24) is 15.2 Å². The number of nitrogens with two attached hydrogens (primary N) is 1. The van der Waals surface area contributed by atoms with Crippen LogP contribution in [0.3, 0.4) is 0 Å². The average Bonchev–Trinajstić information content (AvgIpc) is 3.19. The van der Waals surface area contributed by atoms with E-state index in [-0.39, 0.29) is 17.8 Å². The van der Waals surface area contributed by atoms with E-state index >= 15 is 0 Å². The minimum atomic E-state index is -0.234. The third-order valence-electron chi connectivity index (χ3n) is 4.32. The van der Waals surface area contributed by atoms with Crippen molar-refractivity contribution in [3.8, 4) is 0 Å². The van der Waals surface area contributed by atoms with Crippen LogP contribution in [-0.2, 0) is 0 Å². The quantitative estimate of drug-likeness (QED) is 0.872. The maximum absolute atomic E-state index is 14.2. The number of aromatic nitrogens is 1. The van der Waals surface area contributed by atoms with Crippen molar-refractivity contribution in [2.45, 2.75) is 25.8 Å². The number of amides is 1. The molecule has 1 aromatic heterocycles. The number of anilines is 1. The highest BCUT2D eigenvalue weighted by Crippen LogP contribution is 2.27. The third-order valence-corrected chi connectivity index (χ3v) is 5.31. The summed E-state index contributed by atoms with van der Waals surface area (Å²) in [7, 11) is 0. The highest BCUT2D eigenvalue weighted by Gasteiger charge is 2.26. The Bertz CT molecular complexity index is 727. The van der Waals surface area contributed by atoms with Crippen molar-refractivity contribution >= 4 is 22.4 Å². The molecule has 2 heterocycles. The summed E-state index contributed by atoms with van der Waals surface area (Å²) in [6, 6.07) is 6.61. The van der Waals surface area contributed by atoms with E-state index in [1.54, 1.807) is 19.1 Å². The van der Waals surface area contributed by atoms with Gasteiger partial charge in [0, 0.05) is 12.1 Å². The van der Waals surface area contributed by atoms with Crippen LogP contribution in [0, 0.1) is 12.7 Å². The number of carbonyl (C=O) groups is 1. The molecule has 2 aromatic rings. The van der Waals surface area contributed by atoms with Crippen LogP contribution in [0.1, 0.15) is 39.8 Å². The molecule has 1 unspecified atom stereocenters. The Morgan fingerprint density at radius 2 is 2.12 bits per heavy atom. The van der Waals surface area contributed by atoms with Crippen molar-refractivity contribution in [3.05, 3.63) is 46.2 Å². The molecular formula is C17H21FN4OS. The van der Waals surface area contributed by atoms with Gasteiger partial charge in [0.25, 0.3) is 5.91 Å². The number of carbonyl (C=O) groups excluding carboxylic acids is 1. The number of aryl methyl sites for hydroxylation is 1. The zero-order valence-corrected chi connectivity index (χ0v) is 14.4. The molecule has 3 rings (SSSR count). The summed E-state index contributed by atoms with van der Waals surface area (Å²) >= 11 is 1.17. The molecule has 3 N–H and O–H groups in total. The Labute approximate surface area is 144 Å². The maximum Gasteiger partial charge on any atom is 0.263 e. The lowest BCUT2D eigenvalue weighted by molar-refractivity contribution is 0.0940. The minimum absolute atomic E-state index is 0.164. The first-order valence-electron chi connectivity index (χ1n) is 8.06. The Balaban J connectivity index is 1.76. The number of nitrogen functional groups attached to an aromatic ring is 1. The Morgan fingerprint density at radius 3 is 2.75 bits per heavy atom. The largest absolute Gasteiger partial charge is 0.375 e. The molecule has 1 atom stereocenters. The van der Waals surface area contributed by atoms with Crippen LogP contribution in [0.15, 0.2) is 24.3 Å². The fourth-order valence-electron chi connectivity index (χ4n) is 3.13. The van der Waals surface area contributed by atoms with E-state index in [2.05, 4.69) is 15.2 Å². The standard InChI is InChI=1S/C17H21FN4OS/c1-11-15(24-17(19)21-11)16(23)20-10-14(22-8-4-5-9-22)12-6-2-3-7-13(12)18/h2-3,6-7,14H,4-5,8-10H2,1H3,(H2,19,21)(H,20,23). The lowest BCUT2D eigenvalue weighted by Crippen LogP contribution is -2.37. The number of nitrogens with zero attached hydrogens (tertiary/aromatic N) is 2. The van der Waals surface area contributed by atoms with Gasteiger partial charge in [-0.15, -0.1) is 0 Å². The van der Waals surface area contributed by atoms with Gasteiger partial charge in [-0.3, -0.25) is 9.69 Å². The molecule has 1 aliphatic rings. The van der Waals surface area contributed by atoms with E-state index in [0.29, 0.717) is 27.8 Å². The van der Waals surface area contributed by atoms with E-state index in [1.807, 2.05) is 6.07 Å². The second kappa shape index (κ2) is 7.27. The predicted molar refractivity (Wildman–Crippen MR) is 93.5 cm³/mol. The Morgan fingerprint density at radius 1 is 1.42 bits per heavy atom. The van der Waals surface area contributed by atoms with E-state index in [1.165, 1.54) is 17.4 Å². The second-order valence-electron chi connectivity index (χ2n) is 5.96. The van der Waals surface area contributed by atoms with Crippen LogP contribution in [0.25, 0.3) is 0 Å². The molecule has 0 spiro atoms. The summed E-state index contributed by atoms with van der Waals surface area (Å²) in [5.41, 5.74) is 6.90. The van der Waals surface area contributed by atoms with E-state index in [4.69, 9.17) is 5.73 Å². The SMILES string of the molecule is Cc1nc(N)sc1C(=O)NCC(c1ccccc1F)N1CCCC1. The van der Waals surface area contributed by atoms with E-state index in [9.17, 15) is 9.18 Å². The number of halogens is 1. The predicted octanol–water partition coefficient (Wildman–Crippen LogP) is 2.74. The molecular weight excluding hydrogens is 327 g/mol. The van der Waals surface area contributed by atoms with Gasteiger partial charge in [0.15, 0.2) is 5.13 Å². The lowest BCUT2D eigenvalue weighted by Gasteiger charge is -2.28. The van der Waals surface area contributed by atoms with Gasteiger partial charge in [0.2, 0.25) is 0 Å². The number of nitrogens with one attached hydrogen (secondary N) is 1. The van der Waals surface area contributed by atoms with Gasteiger partial charge in [-0.2, -0.15) is 0 Å². The van der Waals surface area contributed by atoms with Gasteiger partial charge in [0.05, 0.1) is 11.7 Å². The number of hydrogen-bond donors (Lipinski definition) is 2. The van der Waals surface area contributed by atoms with E-state index < -0.39 is 0 Å². The minimum Gasteiger partial charge on any atom is -0.375 e. The number of hydrogen-bond acceptors (Lipinski definition) is 5. The highest BCUT2D eigenvalue weighted by atomic mass is 32.1. The number of likely N-dealkylation sites (tertiary alicyclic amines) is 1. The molecule has 128 valence electrons. The second-order valence-corrected chi connectivity index (χ2v) is 6.99. The molecule has 1 aromatic carbocycles. The van der Waals surface area contributed by atoms with Crippen molar-refractivity contribution in [2.24, 2.45) is 0 Å². The molecule has 7 heteroatoms. The van der Waals surface area contributed by atoms with Gasteiger partial charge in [-0.25, -0.2) is 9.37 Å². The Kier molecular flexibility index (Phi) is 5.11. The number of benzene rings is 1. The van der Waals surface area contributed by atoms with Crippen LogP contribution in [0.5, 0.6) is 0 Å². The van der Waals surface area contributed by atoms with Gasteiger partial charge >= 0.3 is 0 Å². The monoisotopic (exact) mass is 348 g/mol. The van der Waals surface area contributed by atoms with Gasteiger partial charge in [-0.05, 0) is 38.9 Å². The molecule has 1 amide bonds. The van der Waals surface area contributed by atoms with Gasteiger partial charge in [-0.1, -0.05) is 29.5 Å². The molecule has 0 aliphatic carbocycles. The van der Waals surface area contributed by atoms with E-state index in [0.717, 1.165) is 25.9 Å². The first-order valence-corrected chi connectivity index (χ1v) is 8.87. The molecule has 1 saturated heterocycles. The van der Waals surface area contributed by atoms with Crippen LogP contribution >= 0.6 is 11.3 Å². The maximum atomic E-state index is 14.2. The summed E-state index contributed by atoms with van der Waals surface area (Å²) in [5, 5.41) is 3.30. The Hall–Kier alpha value is -1.99. The zero-order chi connectivity index (χ0) is 17.1. The lowest BCUT2D eigenvalue weighted by atomic mass is 10.0. The average molecular weight is 348 g/mol. The van der Waals surface area contributed by atoms with Gasteiger partial charge < -0.3 is 11.1 Å². The first kappa shape index (κ1) is 16.9. The first-order chi connectivity index (χ1) is 11.6. The summed E-state index contributed by atoms with van der Waals surface area (Å²) in [5.74, 6) is -0.441. The summed E-state index contributed by atoms with van der Waals surface area (Å²) in [4.78, 5) is 19.2. The topological polar surface area (TPSA) is 71.2 Å². The highest BCUT2D eigenvalue weighted by molar-refractivity contribution is 7.17. The van der Waals surface area contributed by atoms with Crippen molar-refractivity contribution in [2.75, 3.05) is 25.4 Å². The zero-order valence-electron chi connectivity index (χ0n) is 13.6. The third kappa shape index (κ3) is 3.57. The van der Waals surface area contributed by atoms with Crippen molar-refractivity contribution < 1.29 is 9.18 Å².